The van der Waals surface area contributed by atoms with Crippen molar-refractivity contribution < 1.29 is 0 Å². The quantitative estimate of drug-likeness (QED) is 0.824. The van der Waals surface area contributed by atoms with Gasteiger partial charge in [-0.3, -0.25) is 4.90 Å². The van der Waals surface area contributed by atoms with Gasteiger partial charge in [0.2, 0.25) is 0 Å². The molecule has 1 N–H and O–H groups in total. The van der Waals surface area contributed by atoms with E-state index in [1.807, 2.05) is 6.07 Å². The molecule has 1 fully saturated rings. The summed E-state index contributed by atoms with van der Waals surface area (Å²) < 4.78 is 0. The maximum atomic E-state index is 6.00. The number of nitrogens with one attached hydrogen (secondary N) is 1. The zero-order valence-corrected chi connectivity index (χ0v) is 10.0. The number of hydrogen-bond acceptors (Lipinski definition) is 3. The fourth-order valence-corrected chi connectivity index (χ4v) is 1.95. The molecule has 0 bridgehead atoms. The second-order valence-corrected chi connectivity index (χ2v) is 4.56. The molecule has 0 radical (unpaired) electrons. The molecule has 0 atom stereocenters. The molecular formula is C10H13Cl2N3. The van der Waals surface area contributed by atoms with Gasteiger partial charge in [0.1, 0.15) is 10.3 Å². The van der Waals surface area contributed by atoms with E-state index in [-0.39, 0.29) is 0 Å². The largest absolute Gasteiger partial charge is 0.314 e. The highest BCUT2D eigenvalue weighted by molar-refractivity contribution is 6.32. The third kappa shape index (κ3) is 2.61. The first kappa shape index (κ1) is 11.1. The van der Waals surface area contributed by atoms with Crippen molar-refractivity contribution in [1.82, 2.24) is 15.2 Å². The Morgan fingerprint density at radius 2 is 2.20 bits per heavy atom. The van der Waals surface area contributed by atoms with Gasteiger partial charge < -0.3 is 5.32 Å². The summed E-state index contributed by atoms with van der Waals surface area (Å²) in [5.74, 6) is 0. The Hall–Kier alpha value is -0.350. The zero-order chi connectivity index (χ0) is 10.8. The van der Waals surface area contributed by atoms with Gasteiger partial charge in [-0.25, -0.2) is 4.98 Å². The van der Waals surface area contributed by atoms with Crippen LogP contribution < -0.4 is 5.32 Å². The van der Waals surface area contributed by atoms with Crippen LogP contribution in [-0.4, -0.2) is 36.1 Å². The lowest BCUT2D eigenvalue weighted by atomic mass is 10.1. The first-order valence-corrected chi connectivity index (χ1v) is 5.64. The molecule has 82 valence electrons. The molecule has 3 nitrogen and oxygen atoms in total. The van der Waals surface area contributed by atoms with Crippen LogP contribution >= 0.6 is 23.2 Å². The highest BCUT2D eigenvalue weighted by Crippen LogP contribution is 2.19. The van der Waals surface area contributed by atoms with E-state index in [9.17, 15) is 0 Å². The van der Waals surface area contributed by atoms with Crippen LogP contribution in [0.4, 0.5) is 0 Å². The predicted octanol–water partition coefficient (Wildman–Crippen LogP) is 1.79. The van der Waals surface area contributed by atoms with E-state index < -0.39 is 0 Å². The van der Waals surface area contributed by atoms with Crippen molar-refractivity contribution in [3.63, 3.8) is 0 Å². The fraction of sp³-hybridized carbons (Fsp3) is 0.500. The average molecular weight is 246 g/mol. The molecule has 0 amide bonds. The van der Waals surface area contributed by atoms with Crippen LogP contribution in [0.25, 0.3) is 0 Å². The minimum atomic E-state index is 0.441. The Morgan fingerprint density at radius 3 is 2.73 bits per heavy atom. The van der Waals surface area contributed by atoms with E-state index in [0.29, 0.717) is 16.3 Å². The zero-order valence-electron chi connectivity index (χ0n) is 8.50. The van der Waals surface area contributed by atoms with E-state index in [0.717, 1.165) is 25.2 Å². The molecule has 1 aliphatic rings. The lowest BCUT2D eigenvalue weighted by Gasteiger charge is -2.35. The Bertz CT molecular complexity index is 353. The Kier molecular flexibility index (Phi) is 3.46. The SMILES string of the molecule is CN(Cc1ccc(Cl)nc1Cl)C1CNC1. The number of hydrogen-bond donors (Lipinski definition) is 1. The first-order valence-electron chi connectivity index (χ1n) is 4.88. The fourth-order valence-electron chi connectivity index (χ4n) is 1.54. The summed E-state index contributed by atoms with van der Waals surface area (Å²) in [7, 11) is 2.09. The van der Waals surface area contributed by atoms with Gasteiger partial charge in [-0.15, -0.1) is 0 Å². The normalized spacial score (nSPS) is 16.8. The van der Waals surface area contributed by atoms with Gasteiger partial charge in [-0.05, 0) is 13.1 Å². The lowest BCUT2D eigenvalue weighted by molar-refractivity contribution is 0.173. The van der Waals surface area contributed by atoms with Crippen LogP contribution in [0.1, 0.15) is 5.56 Å². The number of likely N-dealkylation sites (N-methyl/N-ethyl adjacent to an activating group) is 1. The molecule has 1 aromatic heterocycles. The number of halogens is 2. The summed E-state index contributed by atoms with van der Waals surface area (Å²) in [5.41, 5.74) is 1.02. The van der Waals surface area contributed by atoms with Gasteiger partial charge in [0.15, 0.2) is 0 Å². The van der Waals surface area contributed by atoms with Gasteiger partial charge in [0, 0.05) is 31.2 Å². The van der Waals surface area contributed by atoms with Crippen LogP contribution in [0.3, 0.4) is 0 Å². The Balaban J connectivity index is 2.03. The van der Waals surface area contributed by atoms with Gasteiger partial charge in [-0.2, -0.15) is 0 Å². The topological polar surface area (TPSA) is 28.2 Å². The van der Waals surface area contributed by atoms with Crippen LogP contribution in [0.2, 0.25) is 10.3 Å². The molecule has 0 aliphatic carbocycles. The number of aromatic nitrogens is 1. The monoisotopic (exact) mass is 245 g/mol. The molecule has 2 rings (SSSR count). The summed E-state index contributed by atoms with van der Waals surface area (Å²) in [6.45, 7) is 2.92. The maximum absolute atomic E-state index is 6.00. The summed E-state index contributed by atoms with van der Waals surface area (Å²) >= 11 is 11.7. The summed E-state index contributed by atoms with van der Waals surface area (Å²) in [5, 5.41) is 4.18. The van der Waals surface area contributed by atoms with E-state index >= 15 is 0 Å². The number of nitrogens with zero attached hydrogens (tertiary/aromatic N) is 2. The standard InChI is InChI=1S/C10H13Cl2N3/c1-15(8-4-13-5-8)6-7-2-3-9(11)14-10(7)12/h2-3,8,13H,4-6H2,1H3. The second kappa shape index (κ2) is 4.66. The van der Waals surface area contributed by atoms with Crippen molar-refractivity contribution in [1.29, 1.82) is 0 Å². The molecule has 0 saturated carbocycles. The van der Waals surface area contributed by atoms with Crippen LogP contribution in [0, 0.1) is 0 Å². The molecule has 0 spiro atoms. The van der Waals surface area contributed by atoms with Gasteiger partial charge >= 0.3 is 0 Å². The third-order valence-electron chi connectivity index (χ3n) is 2.70. The minimum Gasteiger partial charge on any atom is -0.314 e. The molecule has 2 heterocycles. The molecule has 0 unspecified atom stereocenters. The van der Waals surface area contributed by atoms with E-state index in [1.54, 1.807) is 6.07 Å². The summed E-state index contributed by atoms with van der Waals surface area (Å²) in [6.07, 6.45) is 0. The highest BCUT2D eigenvalue weighted by atomic mass is 35.5. The number of pyridine rings is 1. The molecule has 5 heteroatoms. The Morgan fingerprint density at radius 1 is 1.47 bits per heavy atom. The van der Waals surface area contributed by atoms with E-state index in [1.165, 1.54) is 0 Å². The molecular weight excluding hydrogens is 233 g/mol. The number of rotatable bonds is 3. The maximum Gasteiger partial charge on any atom is 0.135 e. The minimum absolute atomic E-state index is 0.441. The second-order valence-electron chi connectivity index (χ2n) is 3.81. The van der Waals surface area contributed by atoms with Crippen molar-refractivity contribution in [2.45, 2.75) is 12.6 Å². The van der Waals surface area contributed by atoms with Crippen molar-refractivity contribution >= 4 is 23.2 Å². The molecule has 0 aromatic carbocycles. The van der Waals surface area contributed by atoms with Crippen LogP contribution in [-0.2, 0) is 6.54 Å². The molecule has 1 aliphatic heterocycles. The highest BCUT2D eigenvalue weighted by Gasteiger charge is 2.21. The van der Waals surface area contributed by atoms with Crippen molar-refractivity contribution in [3.05, 3.63) is 28.0 Å². The van der Waals surface area contributed by atoms with Gasteiger partial charge in [0.05, 0.1) is 0 Å². The first-order chi connectivity index (χ1) is 7.16. The van der Waals surface area contributed by atoms with Crippen molar-refractivity contribution in [2.75, 3.05) is 20.1 Å². The van der Waals surface area contributed by atoms with Crippen molar-refractivity contribution in [3.8, 4) is 0 Å². The smallest absolute Gasteiger partial charge is 0.135 e. The Labute approximate surface area is 99.4 Å². The van der Waals surface area contributed by atoms with Crippen LogP contribution in [0.5, 0.6) is 0 Å². The van der Waals surface area contributed by atoms with E-state index in [2.05, 4.69) is 22.2 Å². The average Bonchev–Trinajstić information content (AvgIpc) is 2.07. The molecule has 1 saturated heterocycles. The molecule has 1 aromatic rings. The van der Waals surface area contributed by atoms with Crippen molar-refractivity contribution in [2.24, 2.45) is 0 Å². The summed E-state index contributed by atoms with van der Waals surface area (Å²) in [6, 6.07) is 4.31. The van der Waals surface area contributed by atoms with Gasteiger partial charge in [0.25, 0.3) is 0 Å². The van der Waals surface area contributed by atoms with E-state index in [4.69, 9.17) is 23.2 Å². The summed E-state index contributed by atoms with van der Waals surface area (Å²) in [4.78, 5) is 6.29. The van der Waals surface area contributed by atoms with Gasteiger partial charge in [-0.1, -0.05) is 29.3 Å². The molecule has 15 heavy (non-hydrogen) atoms. The third-order valence-corrected chi connectivity index (χ3v) is 3.23. The van der Waals surface area contributed by atoms with Crippen LogP contribution in [0.15, 0.2) is 12.1 Å². The predicted molar refractivity (Wildman–Crippen MR) is 62.4 cm³/mol. The lowest BCUT2D eigenvalue weighted by Crippen LogP contribution is -2.55.